The van der Waals surface area contributed by atoms with Crippen LogP contribution in [0.5, 0.6) is 0 Å². The highest BCUT2D eigenvalue weighted by Crippen LogP contribution is 2.18. The fourth-order valence-corrected chi connectivity index (χ4v) is 3.59. The Balaban J connectivity index is 2.23. The third kappa shape index (κ3) is 2.66. The summed E-state index contributed by atoms with van der Waals surface area (Å²) in [5.41, 5.74) is 0.731. The summed E-state index contributed by atoms with van der Waals surface area (Å²) in [5.74, 6) is -1.02. The third-order valence-corrected chi connectivity index (χ3v) is 4.60. The van der Waals surface area contributed by atoms with Gasteiger partial charge in [0.1, 0.15) is 10.9 Å². The second kappa shape index (κ2) is 4.74. The maximum atomic E-state index is 12.2. The molecule has 1 aromatic heterocycles. The molecular weight excluding hydrogens is 272 g/mol. The maximum Gasteiger partial charge on any atom is 0.244 e. The normalized spacial score (nSPS) is 20.4. The first kappa shape index (κ1) is 13.7. The molecular formula is C10H14N4O4S. The van der Waals surface area contributed by atoms with Gasteiger partial charge in [0, 0.05) is 6.42 Å². The summed E-state index contributed by atoms with van der Waals surface area (Å²) in [6.45, 7) is 3.14. The van der Waals surface area contributed by atoms with Gasteiger partial charge in [0.2, 0.25) is 21.8 Å². The van der Waals surface area contributed by atoms with Crippen molar-refractivity contribution in [3.63, 3.8) is 0 Å². The lowest BCUT2D eigenvalue weighted by atomic mass is 10.1. The van der Waals surface area contributed by atoms with Crippen molar-refractivity contribution < 1.29 is 18.0 Å². The number of hydrogen-bond acceptors (Lipinski definition) is 5. The Bertz CT molecular complexity index is 614. The Morgan fingerprint density at radius 2 is 2.00 bits per heavy atom. The molecule has 1 aliphatic heterocycles. The number of sulfonamides is 1. The van der Waals surface area contributed by atoms with Gasteiger partial charge in [-0.05, 0) is 20.3 Å². The molecule has 1 unspecified atom stereocenters. The first-order chi connectivity index (χ1) is 8.81. The number of nitrogens with one attached hydrogen (secondary N) is 3. The minimum atomic E-state index is -3.84. The molecule has 2 heterocycles. The van der Waals surface area contributed by atoms with Crippen LogP contribution >= 0.6 is 0 Å². The van der Waals surface area contributed by atoms with E-state index in [0.29, 0.717) is 11.4 Å². The van der Waals surface area contributed by atoms with Crippen molar-refractivity contribution in [2.45, 2.75) is 37.6 Å². The molecule has 0 aromatic carbocycles. The minimum absolute atomic E-state index is 0.0391. The molecule has 0 radical (unpaired) electrons. The number of aromatic nitrogens is 2. The molecule has 0 bridgehead atoms. The van der Waals surface area contributed by atoms with Crippen LogP contribution in [0.2, 0.25) is 0 Å². The lowest BCUT2D eigenvalue weighted by Crippen LogP contribution is -2.52. The first-order valence-corrected chi connectivity index (χ1v) is 7.17. The molecule has 19 heavy (non-hydrogen) atoms. The average molecular weight is 286 g/mol. The number of H-pyrrole nitrogens is 1. The predicted octanol–water partition coefficient (Wildman–Crippen LogP) is -0.890. The van der Waals surface area contributed by atoms with E-state index < -0.39 is 27.9 Å². The Morgan fingerprint density at radius 1 is 1.32 bits per heavy atom. The number of amides is 2. The van der Waals surface area contributed by atoms with E-state index in [1.54, 1.807) is 13.8 Å². The maximum absolute atomic E-state index is 12.2. The molecule has 1 aliphatic rings. The highest BCUT2D eigenvalue weighted by atomic mass is 32.2. The summed E-state index contributed by atoms with van der Waals surface area (Å²) in [7, 11) is -3.84. The number of hydrogen-bond donors (Lipinski definition) is 3. The van der Waals surface area contributed by atoms with Crippen LogP contribution < -0.4 is 10.0 Å². The Hall–Kier alpha value is -1.74. The molecule has 1 saturated heterocycles. The smallest absolute Gasteiger partial charge is 0.244 e. The molecule has 1 fully saturated rings. The van der Waals surface area contributed by atoms with Gasteiger partial charge in [-0.15, -0.1) is 0 Å². The van der Waals surface area contributed by atoms with Gasteiger partial charge in [-0.2, -0.15) is 9.82 Å². The molecule has 8 nitrogen and oxygen atoms in total. The van der Waals surface area contributed by atoms with Gasteiger partial charge in [-0.25, -0.2) is 8.42 Å². The van der Waals surface area contributed by atoms with Crippen LogP contribution in [0.3, 0.4) is 0 Å². The topological polar surface area (TPSA) is 121 Å². The van der Waals surface area contributed by atoms with Crippen LogP contribution in [-0.2, 0) is 19.6 Å². The average Bonchev–Trinajstić information content (AvgIpc) is 2.63. The lowest BCUT2D eigenvalue weighted by Gasteiger charge is -2.21. The lowest BCUT2D eigenvalue weighted by molar-refractivity contribution is -0.134. The molecule has 3 N–H and O–H groups in total. The third-order valence-electron chi connectivity index (χ3n) is 2.87. The van der Waals surface area contributed by atoms with Crippen LogP contribution in [0.15, 0.2) is 4.90 Å². The summed E-state index contributed by atoms with van der Waals surface area (Å²) >= 11 is 0. The second-order valence-corrected chi connectivity index (χ2v) is 6.04. The van der Waals surface area contributed by atoms with Gasteiger partial charge in [-0.3, -0.25) is 20.0 Å². The van der Waals surface area contributed by atoms with Gasteiger partial charge in [0.25, 0.3) is 0 Å². The fraction of sp³-hybridized carbons (Fsp3) is 0.500. The summed E-state index contributed by atoms with van der Waals surface area (Å²) in [5, 5.41) is 8.48. The van der Waals surface area contributed by atoms with Gasteiger partial charge >= 0.3 is 0 Å². The van der Waals surface area contributed by atoms with Crippen molar-refractivity contribution >= 4 is 21.8 Å². The van der Waals surface area contributed by atoms with Gasteiger partial charge in [-0.1, -0.05) is 0 Å². The van der Waals surface area contributed by atoms with Crippen molar-refractivity contribution in [1.29, 1.82) is 0 Å². The van der Waals surface area contributed by atoms with E-state index in [1.807, 2.05) is 0 Å². The number of aromatic amines is 1. The highest BCUT2D eigenvalue weighted by molar-refractivity contribution is 7.89. The molecule has 1 atom stereocenters. The van der Waals surface area contributed by atoms with E-state index >= 15 is 0 Å². The molecule has 0 saturated carbocycles. The van der Waals surface area contributed by atoms with Crippen molar-refractivity contribution in [2.75, 3.05) is 0 Å². The first-order valence-electron chi connectivity index (χ1n) is 5.69. The zero-order chi connectivity index (χ0) is 14.2. The summed E-state index contributed by atoms with van der Waals surface area (Å²) < 4.78 is 26.7. The molecule has 2 amide bonds. The second-order valence-electron chi connectivity index (χ2n) is 4.39. The predicted molar refractivity (Wildman–Crippen MR) is 64.6 cm³/mol. The van der Waals surface area contributed by atoms with E-state index in [1.165, 1.54) is 0 Å². The van der Waals surface area contributed by atoms with Crippen LogP contribution in [0, 0.1) is 13.8 Å². The number of piperidine rings is 1. The largest absolute Gasteiger partial charge is 0.295 e. The zero-order valence-electron chi connectivity index (χ0n) is 10.5. The number of imide groups is 1. The molecule has 104 valence electrons. The molecule has 0 aliphatic carbocycles. The monoisotopic (exact) mass is 286 g/mol. The van der Waals surface area contributed by atoms with E-state index in [4.69, 9.17) is 0 Å². The molecule has 2 rings (SSSR count). The standard InChI is InChI=1S/C10H14N4O4S/c1-5-9(6(2)13-12-5)19(17,18)14-7-3-4-8(15)11-10(7)16/h7,14H,3-4H2,1-2H3,(H,12,13)(H,11,15,16). The van der Waals surface area contributed by atoms with Crippen LogP contribution in [0.4, 0.5) is 0 Å². The van der Waals surface area contributed by atoms with Crippen LogP contribution in [0.25, 0.3) is 0 Å². The minimum Gasteiger partial charge on any atom is -0.295 e. The van der Waals surface area contributed by atoms with Crippen molar-refractivity contribution in [1.82, 2.24) is 20.2 Å². The van der Waals surface area contributed by atoms with E-state index in [2.05, 4.69) is 20.2 Å². The van der Waals surface area contributed by atoms with Crippen LogP contribution in [-0.4, -0.2) is 36.5 Å². The number of rotatable bonds is 3. The zero-order valence-corrected chi connectivity index (χ0v) is 11.3. The van der Waals surface area contributed by atoms with Crippen molar-refractivity contribution in [3.05, 3.63) is 11.4 Å². The van der Waals surface area contributed by atoms with E-state index in [9.17, 15) is 18.0 Å². The number of nitrogens with zero attached hydrogens (tertiary/aromatic N) is 1. The van der Waals surface area contributed by atoms with Gasteiger partial charge < -0.3 is 0 Å². The SMILES string of the molecule is Cc1n[nH]c(C)c1S(=O)(=O)NC1CCC(=O)NC1=O. The quantitative estimate of drug-likeness (QED) is 0.622. The van der Waals surface area contributed by atoms with Gasteiger partial charge in [0.05, 0.1) is 11.4 Å². The number of aryl methyl sites for hydroxylation is 2. The van der Waals surface area contributed by atoms with Crippen molar-refractivity contribution in [2.24, 2.45) is 0 Å². The molecule has 1 aromatic rings. The van der Waals surface area contributed by atoms with Crippen molar-refractivity contribution in [3.8, 4) is 0 Å². The number of carbonyl (C=O) groups is 2. The van der Waals surface area contributed by atoms with E-state index in [-0.39, 0.29) is 17.7 Å². The van der Waals surface area contributed by atoms with Gasteiger partial charge in [0.15, 0.2) is 0 Å². The fourth-order valence-electron chi connectivity index (χ4n) is 1.99. The Kier molecular flexibility index (Phi) is 3.42. The molecule has 9 heteroatoms. The summed E-state index contributed by atoms with van der Waals surface area (Å²) in [4.78, 5) is 22.6. The van der Waals surface area contributed by atoms with E-state index in [0.717, 1.165) is 0 Å². The Morgan fingerprint density at radius 3 is 2.53 bits per heavy atom. The highest BCUT2D eigenvalue weighted by Gasteiger charge is 2.32. The summed E-state index contributed by atoms with van der Waals surface area (Å²) in [6.07, 6.45) is 0.266. The Labute approximate surface area is 110 Å². The summed E-state index contributed by atoms with van der Waals surface area (Å²) in [6, 6.07) is -0.934. The van der Waals surface area contributed by atoms with Crippen LogP contribution in [0.1, 0.15) is 24.2 Å². The molecule has 0 spiro atoms. The number of carbonyl (C=O) groups excluding carboxylic acids is 2.